The number of benzene rings is 1. The van der Waals surface area contributed by atoms with Crippen molar-refractivity contribution in [2.75, 3.05) is 31.2 Å². The van der Waals surface area contributed by atoms with Crippen LogP contribution in [0, 0.1) is 0 Å². The molecule has 2 aliphatic heterocycles. The number of hydrogen-bond donors (Lipinski definition) is 1. The van der Waals surface area contributed by atoms with Gasteiger partial charge >= 0.3 is 0 Å². The lowest BCUT2D eigenvalue weighted by molar-refractivity contribution is -0.922. The van der Waals surface area contributed by atoms with E-state index in [9.17, 15) is 9.59 Å². The summed E-state index contributed by atoms with van der Waals surface area (Å²) < 4.78 is 5.30. The molecule has 0 aliphatic carbocycles. The van der Waals surface area contributed by atoms with Gasteiger partial charge in [-0.2, -0.15) is 0 Å². The molecular formula is C14H16ClN2O3+. The lowest BCUT2D eigenvalue weighted by Crippen LogP contribution is -3.18. The molecule has 3 rings (SSSR count). The van der Waals surface area contributed by atoms with Crippen LogP contribution in [0.25, 0.3) is 0 Å². The highest BCUT2D eigenvalue weighted by molar-refractivity contribution is 6.36. The molecule has 1 aromatic carbocycles. The fourth-order valence-electron chi connectivity index (χ4n) is 2.82. The second-order valence-corrected chi connectivity index (χ2v) is 5.45. The zero-order chi connectivity index (χ0) is 14.1. The van der Waals surface area contributed by atoms with Crippen molar-refractivity contribution in [1.82, 2.24) is 0 Å². The quantitative estimate of drug-likeness (QED) is 0.775. The van der Waals surface area contributed by atoms with Crippen LogP contribution in [0.5, 0.6) is 0 Å². The third kappa shape index (κ3) is 2.32. The number of carbonyl (C=O) groups is 2. The monoisotopic (exact) mass is 295 g/mol. The van der Waals surface area contributed by atoms with Gasteiger partial charge in [-0.15, -0.1) is 0 Å². The Bertz CT molecular complexity index is 543. The number of anilines is 1. The van der Waals surface area contributed by atoms with Crippen LogP contribution in [0.1, 0.15) is 6.42 Å². The maximum atomic E-state index is 12.6. The standard InChI is InChI=1S/C14H15ClN2O3/c15-10-3-1-2-4-11(10)17-13(18)9-12(14(17)19)16-5-7-20-8-6-16/h1-4,12H,5-9H2/p+1. The number of halogens is 1. The van der Waals surface area contributed by atoms with E-state index in [0.717, 1.165) is 18.0 Å². The predicted octanol–water partition coefficient (Wildman–Crippen LogP) is -0.113. The summed E-state index contributed by atoms with van der Waals surface area (Å²) in [7, 11) is 0. The summed E-state index contributed by atoms with van der Waals surface area (Å²) >= 11 is 6.10. The molecule has 5 nitrogen and oxygen atoms in total. The van der Waals surface area contributed by atoms with Crippen molar-refractivity contribution in [2.24, 2.45) is 0 Å². The van der Waals surface area contributed by atoms with Crippen molar-refractivity contribution in [3.8, 4) is 0 Å². The molecule has 20 heavy (non-hydrogen) atoms. The van der Waals surface area contributed by atoms with Gasteiger partial charge in [0.15, 0.2) is 6.04 Å². The van der Waals surface area contributed by atoms with E-state index in [4.69, 9.17) is 16.3 Å². The van der Waals surface area contributed by atoms with Crippen LogP contribution in [-0.2, 0) is 14.3 Å². The highest BCUT2D eigenvalue weighted by atomic mass is 35.5. The summed E-state index contributed by atoms with van der Waals surface area (Å²) in [4.78, 5) is 27.1. The Labute approximate surface area is 122 Å². The summed E-state index contributed by atoms with van der Waals surface area (Å²) in [6.45, 7) is 2.80. The van der Waals surface area contributed by atoms with Gasteiger partial charge in [-0.3, -0.25) is 9.59 Å². The van der Waals surface area contributed by atoms with Crippen molar-refractivity contribution >= 4 is 29.1 Å². The number of carbonyl (C=O) groups excluding carboxylic acids is 2. The molecule has 0 spiro atoms. The second-order valence-electron chi connectivity index (χ2n) is 5.05. The lowest BCUT2D eigenvalue weighted by atomic mass is 10.2. The van der Waals surface area contributed by atoms with E-state index in [1.165, 1.54) is 4.90 Å². The Morgan fingerprint density at radius 3 is 2.60 bits per heavy atom. The molecule has 0 bridgehead atoms. The van der Waals surface area contributed by atoms with E-state index in [1.807, 2.05) is 0 Å². The largest absolute Gasteiger partial charge is 0.370 e. The number of quaternary nitrogens is 1. The number of nitrogens with zero attached hydrogens (tertiary/aromatic N) is 1. The van der Waals surface area contributed by atoms with Gasteiger partial charge in [0.05, 0.1) is 30.3 Å². The number of morpholine rings is 1. The van der Waals surface area contributed by atoms with Crippen LogP contribution >= 0.6 is 11.6 Å². The van der Waals surface area contributed by atoms with E-state index in [-0.39, 0.29) is 24.3 Å². The maximum Gasteiger partial charge on any atom is 0.292 e. The number of rotatable bonds is 2. The van der Waals surface area contributed by atoms with Crippen LogP contribution in [-0.4, -0.2) is 44.2 Å². The molecular weight excluding hydrogens is 280 g/mol. The van der Waals surface area contributed by atoms with E-state index in [1.54, 1.807) is 24.3 Å². The lowest BCUT2D eigenvalue weighted by Gasteiger charge is -2.27. The molecule has 2 fully saturated rings. The van der Waals surface area contributed by atoms with Gasteiger partial charge < -0.3 is 9.64 Å². The third-order valence-electron chi connectivity index (χ3n) is 3.87. The van der Waals surface area contributed by atoms with Gasteiger partial charge in [0.1, 0.15) is 13.1 Å². The summed E-state index contributed by atoms with van der Waals surface area (Å²) in [6, 6.07) is 6.64. The van der Waals surface area contributed by atoms with Crippen LogP contribution in [0.15, 0.2) is 24.3 Å². The molecule has 1 atom stereocenters. The SMILES string of the molecule is O=C1CC([NH+]2CCOCC2)C(=O)N1c1ccccc1Cl. The van der Waals surface area contributed by atoms with Gasteiger partial charge in [0.2, 0.25) is 5.91 Å². The molecule has 2 amide bonds. The summed E-state index contributed by atoms with van der Waals surface area (Å²) in [5.74, 6) is -0.327. The molecule has 1 unspecified atom stereocenters. The van der Waals surface area contributed by atoms with E-state index >= 15 is 0 Å². The number of para-hydroxylation sites is 1. The number of ether oxygens (including phenoxy) is 1. The average molecular weight is 296 g/mol. The molecule has 0 aromatic heterocycles. The van der Waals surface area contributed by atoms with Crippen molar-refractivity contribution in [2.45, 2.75) is 12.5 Å². The van der Waals surface area contributed by atoms with Crippen LogP contribution in [0.2, 0.25) is 5.02 Å². The summed E-state index contributed by atoms with van der Waals surface area (Å²) in [6.07, 6.45) is 0.249. The number of imide groups is 1. The Balaban J connectivity index is 1.85. The third-order valence-corrected chi connectivity index (χ3v) is 4.19. The molecule has 2 saturated heterocycles. The van der Waals surface area contributed by atoms with Gasteiger partial charge in [-0.05, 0) is 12.1 Å². The molecule has 1 N–H and O–H groups in total. The van der Waals surface area contributed by atoms with Crippen molar-refractivity contribution in [3.63, 3.8) is 0 Å². The molecule has 106 valence electrons. The van der Waals surface area contributed by atoms with Crippen LogP contribution < -0.4 is 9.80 Å². The average Bonchev–Trinajstić information content (AvgIpc) is 2.76. The first-order valence-corrected chi connectivity index (χ1v) is 7.10. The number of amides is 2. The Kier molecular flexibility index (Phi) is 3.74. The number of nitrogens with one attached hydrogen (secondary N) is 1. The first-order chi connectivity index (χ1) is 9.68. The summed E-state index contributed by atoms with van der Waals surface area (Å²) in [5, 5.41) is 0.423. The molecule has 1 aromatic rings. The van der Waals surface area contributed by atoms with E-state index < -0.39 is 0 Å². The molecule has 0 saturated carbocycles. The highest BCUT2D eigenvalue weighted by Gasteiger charge is 2.46. The van der Waals surface area contributed by atoms with Crippen LogP contribution in [0.3, 0.4) is 0 Å². The Hall–Kier alpha value is -1.43. The molecule has 6 heteroatoms. The van der Waals surface area contributed by atoms with E-state index in [2.05, 4.69) is 0 Å². The van der Waals surface area contributed by atoms with Gasteiger partial charge in [-0.25, -0.2) is 4.90 Å². The normalized spacial score (nSPS) is 24.4. The topological polar surface area (TPSA) is 51.1 Å². The first kappa shape index (κ1) is 13.5. The molecule has 2 heterocycles. The molecule has 0 radical (unpaired) electrons. The Morgan fingerprint density at radius 1 is 1.20 bits per heavy atom. The zero-order valence-corrected chi connectivity index (χ0v) is 11.7. The highest BCUT2D eigenvalue weighted by Crippen LogP contribution is 2.29. The minimum atomic E-state index is -0.303. The minimum Gasteiger partial charge on any atom is -0.370 e. The minimum absolute atomic E-state index is 0.153. The first-order valence-electron chi connectivity index (χ1n) is 6.72. The zero-order valence-electron chi connectivity index (χ0n) is 11.0. The van der Waals surface area contributed by atoms with Crippen LogP contribution in [0.4, 0.5) is 5.69 Å². The van der Waals surface area contributed by atoms with Crippen molar-refractivity contribution in [3.05, 3.63) is 29.3 Å². The van der Waals surface area contributed by atoms with Crippen molar-refractivity contribution in [1.29, 1.82) is 0 Å². The Morgan fingerprint density at radius 2 is 1.90 bits per heavy atom. The van der Waals surface area contributed by atoms with Gasteiger partial charge in [0, 0.05) is 0 Å². The van der Waals surface area contributed by atoms with Gasteiger partial charge in [-0.1, -0.05) is 23.7 Å². The molecule has 2 aliphatic rings. The maximum absolute atomic E-state index is 12.6. The van der Waals surface area contributed by atoms with E-state index in [0.29, 0.717) is 23.9 Å². The summed E-state index contributed by atoms with van der Waals surface area (Å²) in [5.41, 5.74) is 0.485. The number of hydrogen-bond acceptors (Lipinski definition) is 3. The smallest absolute Gasteiger partial charge is 0.292 e. The predicted molar refractivity (Wildman–Crippen MR) is 73.9 cm³/mol. The fourth-order valence-corrected chi connectivity index (χ4v) is 3.04. The second kappa shape index (κ2) is 5.52. The van der Waals surface area contributed by atoms with Crippen molar-refractivity contribution < 1.29 is 19.2 Å². The van der Waals surface area contributed by atoms with Gasteiger partial charge in [0.25, 0.3) is 5.91 Å². The fraction of sp³-hybridized carbons (Fsp3) is 0.429.